The number of alkyl carbamates (subject to hydrolysis) is 1. The number of amides is 1. The number of hydrogen-bond acceptors (Lipinski definition) is 3. The fourth-order valence-corrected chi connectivity index (χ4v) is 2.56. The van der Waals surface area contributed by atoms with Gasteiger partial charge in [-0.2, -0.15) is 0 Å². The summed E-state index contributed by atoms with van der Waals surface area (Å²) in [5, 5.41) is 12.9. The summed E-state index contributed by atoms with van der Waals surface area (Å²) in [5.74, 6) is 0.603. The van der Waals surface area contributed by atoms with Crippen LogP contribution in [0.1, 0.15) is 66.2 Å². The quantitative estimate of drug-likeness (QED) is 0.825. The van der Waals surface area contributed by atoms with Gasteiger partial charge in [0.2, 0.25) is 0 Å². The van der Waals surface area contributed by atoms with E-state index in [1.54, 1.807) is 0 Å². The molecule has 0 spiro atoms. The Bertz CT molecular complexity index is 280. The maximum atomic E-state index is 11.6. The van der Waals surface area contributed by atoms with Crippen molar-refractivity contribution in [1.82, 2.24) is 5.32 Å². The predicted molar refractivity (Wildman–Crippen MR) is 76.0 cm³/mol. The summed E-state index contributed by atoms with van der Waals surface area (Å²) in [5.41, 5.74) is -0.502. The smallest absolute Gasteiger partial charge is 0.407 e. The number of carbonyl (C=O) groups excluding carboxylic acids is 1. The zero-order chi connectivity index (χ0) is 14.5. The van der Waals surface area contributed by atoms with Crippen LogP contribution in [0, 0.1) is 5.92 Å². The van der Waals surface area contributed by atoms with Gasteiger partial charge in [0.05, 0.1) is 12.1 Å². The molecular formula is C15H29NO3. The van der Waals surface area contributed by atoms with Crippen LogP contribution < -0.4 is 5.32 Å². The number of carbonyl (C=O) groups is 1. The van der Waals surface area contributed by atoms with E-state index in [-0.39, 0.29) is 6.04 Å². The summed E-state index contributed by atoms with van der Waals surface area (Å²) in [6.07, 6.45) is 6.09. The molecular weight excluding hydrogens is 242 g/mol. The van der Waals surface area contributed by atoms with Gasteiger partial charge in [-0.25, -0.2) is 4.79 Å². The minimum atomic E-state index is -0.502. The van der Waals surface area contributed by atoms with Gasteiger partial charge >= 0.3 is 6.09 Å². The summed E-state index contributed by atoms with van der Waals surface area (Å²) >= 11 is 0. The third-order valence-electron chi connectivity index (χ3n) is 3.62. The fraction of sp³-hybridized carbons (Fsp3) is 0.933. The number of nitrogens with one attached hydrogen (secondary N) is 1. The highest BCUT2D eigenvalue weighted by molar-refractivity contribution is 5.68. The second-order valence-corrected chi connectivity index (χ2v) is 6.74. The molecule has 0 radical (unpaired) electrons. The largest absolute Gasteiger partial charge is 0.444 e. The average molecular weight is 271 g/mol. The Morgan fingerprint density at radius 1 is 1.32 bits per heavy atom. The van der Waals surface area contributed by atoms with E-state index < -0.39 is 17.8 Å². The lowest BCUT2D eigenvalue weighted by molar-refractivity contribution is 0.0401. The highest BCUT2D eigenvalue weighted by Crippen LogP contribution is 2.27. The summed E-state index contributed by atoms with van der Waals surface area (Å²) in [7, 11) is 0. The summed E-state index contributed by atoms with van der Waals surface area (Å²) in [6, 6.07) is -0.267. The van der Waals surface area contributed by atoms with E-state index in [0.717, 1.165) is 6.42 Å². The Morgan fingerprint density at radius 2 is 1.89 bits per heavy atom. The van der Waals surface area contributed by atoms with Crippen molar-refractivity contribution in [2.24, 2.45) is 5.92 Å². The second-order valence-electron chi connectivity index (χ2n) is 6.74. The number of aliphatic hydroxyl groups is 1. The van der Waals surface area contributed by atoms with Gasteiger partial charge in [-0.1, -0.05) is 32.1 Å². The number of hydrogen-bond donors (Lipinski definition) is 2. The molecule has 1 fully saturated rings. The van der Waals surface area contributed by atoms with Crippen molar-refractivity contribution in [3.63, 3.8) is 0 Å². The Labute approximate surface area is 116 Å². The van der Waals surface area contributed by atoms with E-state index in [2.05, 4.69) is 5.32 Å². The van der Waals surface area contributed by atoms with Crippen molar-refractivity contribution in [3.8, 4) is 0 Å². The number of ether oxygens (including phenoxy) is 1. The van der Waals surface area contributed by atoms with E-state index >= 15 is 0 Å². The summed E-state index contributed by atoms with van der Waals surface area (Å²) < 4.78 is 5.19. The Morgan fingerprint density at radius 3 is 2.42 bits per heavy atom. The van der Waals surface area contributed by atoms with Crippen LogP contribution in [0.15, 0.2) is 0 Å². The fourth-order valence-electron chi connectivity index (χ4n) is 2.56. The van der Waals surface area contributed by atoms with Gasteiger partial charge in [0.1, 0.15) is 5.60 Å². The first-order chi connectivity index (χ1) is 8.78. The lowest BCUT2D eigenvalue weighted by Crippen LogP contribution is -2.44. The van der Waals surface area contributed by atoms with E-state index in [0.29, 0.717) is 5.92 Å². The molecule has 1 rings (SSSR count). The Kier molecular flexibility index (Phi) is 6.11. The molecule has 112 valence electrons. The van der Waals surface area contributed by atoms with Gasteiger partial charge in [-0.3, -0.25) is 0 Å². The second kappa shape index (κ2) is 7.13. The maximum Gasteiger partial charge on any atom is 0.407 e. The average Bonchev–Trinajstić information content (AvgIpc) is 2.27. The molecule has 0 aromatic heterocycles. The van der Waals surface area contributed by atoms with Crippen molar-refractivity contribution in [2.45, 2.75) is 84.0 Å². The van der Waals surface area contributed by atoms with Crippen molar-refractivity contribution >= 4 is 6.09 Å². The van der Waals surface area contributed by atoms with E-state index in [4.69, 9.17) is 4.74 Å². The molecule has 0 aromatic carbocycles. The van der Waals surface area contributed by atoms with E-state index in [9.17, 15) is 9.90 Å². The topological polar surface area (TPSA) is 58.6 Å². The maximum absolute atomic E-state index is 11.6. The molecule has 0 aromatic rings. The van der Waals surface area contributed by atoms with Gasteiger partial charge in [-0.05, 0) is 40.0 Å². The van der Waals surface area contributed by atoms with Gasteiger partial charge in [0.25, 0.3) is 0 Å². The third-order valence-corrected chi connectivity index (χ3v) is 3.62. The van der Waals surface area contributed by atoms with Crippen molar-refractivity contribution in [2.75, 3.05) is 0 Å². The van der Waals surface area contributed by atoms with Crippen LogP contribution in [0.3, 0.4) is 0 Å². The van der Waals surface area contributed by atoms with Crippen LogP contribution in [0.4, 0.5) is 4.79 Å². The van der Waals surface area contributed by atoms with Crippen LogP contribution >= 0.6 is 0 Å². The van der Waals surface area contributed by atoms with Crippen LogP contribution in [0.2, 0.25) is 0 Å². The first-order valence-corrected chi connectivity index (χ1v) is 7.45. The van der Waals surface area contributed by atoms with Gasteiger partial charge < -0.3 is 15.2 Å². The van der Waals surface area contributed by atoms with Crippen molar-refractivity contribution in [3.05, 3.63) is 0 Å². The lowest BCUT2D eigenvalue weighted by atomic mass is 9.84. The zero-order valence-corrected chi connectivity index (χ0v) is 12.7. The standard InChI is InChI=1S/C15H29NO3/c1-11(16-14(18)19-15(2,3)4)13(17)10-12-8-6-5-7-9-12/h11-13,17H,5-10H2,1-4H3,(H,16,18)/t11-,13-/m1/s1. The van der Waals surface area contributed by atoms with Crippen molar-refractivity contribution in [1.29, 1.82) is 0 Å². The molecule has 1 amide bonds. The normalized spacial score (nSPS) is 20.7. The molecule has 1 aliphatic rings. The molecule has 4 heteroatoms. The highest BCUT2D eigenvalue weighted by atomic mass is 16.6. The number of aliphatic hydroxyl groups excluding tert-OH is 1. The van der Waals surface area contributed by atoms with Crippen LogP contribution in [-0.4, -0.2) is 28.9 Å². The molecule has 0 bridgehead atoms. The molecule has 19 heavy (non-hydrogen) atoms. The van der Waals surface area contributed by atoms with Crippen molar-refractivity contribution < 1.29 is 14.6 Å². The monoisotopic (exact) mass is 271 g/mol. The molecule has 0 unspecified atom stereocenters. The van der Waals surface area contributed by atoms with Gasteiger partial charge in [-0.15, -0.1) is 0 Å². The van der Waals surface area contributed by atoms with Crippen LogP contribution in [-0.2, 0) is 4.74 Å². The highest BCUT2D eigenvalue weighted by Gasteiger charge is 2.24. The summed E-state index contributed by atoms with van der Waals surface area (Å²) in [6.45, 7) is 7.32. The predicted octanol–water partition coefficient (Wildman–Crippen LogP) is 3.23. The molecule has 1 aliphatic carbocycles. The Hall–Kier alpha value is -0.770. The third kappa shape index (κ3) is 6.81. The van der Waals surface area contributed by atoms with Crippen LogP contribution in [0.25, 0.3) is 0 Å². The number of rotatable bonds is 4. The van der Waals surface area contributed by atoms with Gasteiger partial charge in [0.15, 0.2) is 0 Å². The minimum absolute atomic E-state index is 0.267. The molecule has 4 nitrogen and oxygen atoms in total. The first-order valence-electron chi connectivity index (χ1n) is 7.45. The van der Waals surface area contributed by atoms with Crippen LogP contribution in [0.5, 0.6) is 0 Å². The molecule has 0 aliphatic heterocycles. The first kappa shape index (κ1) is 16.3. The molecule has 2 N–H and O–H groups in total. The molecule has 2 atom stereocenters. The summed E-state index contributed by atoms with van der Waals surface area (Å²) in [4.78, 5) is 11.6. The molecule has 1 saturated carbocycles. The van der Waals surface area contributed by atoms with E-state index in [1.165, 1.54) is 32.1 Å². The van der Waals surface area contributed by atoms with Gasteiger partial charge in [0, 0.05) is 0 Å². The molecule has 0 saturated heterocycles. The van der Waals surface area contributed by atoms with E-state index in [1.807, 2.05) is 27.7 Å². The Balaban J connectivity index is 2.31. The minimum Gasteiger partial charge on any atom is -0.444 e. The zero-order valence-electron chi connectivity index (χ0n) is 12.7. The SMILES string of the molecule is C[C@@H](NC(=O)OC(C)(C)C)[C@H](O)CC1CCCCC1. The lowest BCUT2D eigenvalue weighted by Gasteiger charge is -2.28. The molecule has 0 heterocycles.